The summed E-state index contributed by atoms with van der Waals surface area (Å²) in [7, 11) is 0. The van der Waals surface area contributed by atoms with Gasteiger partial charge < -0.3 is 5.32 Å². The maximum atomic E-state index is 13.8. The van der Waals surface area contributed by atoms with Gasteiger partial charge in [0, 0.05) is 23.4 Å². The number of anilines is 1. The van der Waals surface area contributed by atoms with Gasteiger partial charge in [0.15, 0.2) is 23.3 Å². The number of nitrogens with one attached hydrogen (secondary N) is 1. The maximum Gasteiger partial charge on any atom is 0.200 e. The van der Waals surface area contributed by atoms with Crippen molar-refractivity contribution in [1.29, 1.82) is 0 Å². The first-order valence-electron chi connectivity index (χ1n) is 8.57. The van der Waals surface area contributed by atoms with Crippen LogP contribution in [0.25, 0.3) is 20.8 Å². The number of hydrogen-bond donors (Lipinski definition) is 1. The molecule has 1 N–H and O–H groups in total. The van der Waals surface area contributed by atoms with Crippen LogP contribution in [-0.2, 0) is 6.54 Å². The Morgan fingerprint density at radius 2 is 1.45 bits per heavy atom. The largest absolute Gasteiger partial charge is 0.381 e. The predicted octanol–water partition coefficient (Wildman–Crippen LogP) is 6.58. The predicted molar refractivity (Wildman–Crippen MR) is 103 cm³/mol. The van der Waals surface area contributed by atoms with Gasteiger partial charge in [-0.25, -0.2) is 26.9 Å². The van der Waals surface area contributed by atoms with Crippen LogP contribution in [-0.4, -0.2) is 4.98 Å². The van der Waals surface area contributed by atoms with E-state index in [1.807, 2.05) is 19.1 Å². The maximum absolute atomic E-state index is 13.8. The fraction of sp³-hybridized carbons (Fsp3) is 0.0952. The molecule has 0 fully saturated rings. The van der Waals surface area contributed by atoms with Crippen LogP contribution in [0.2, 0.25) is 0 Å². The molecule has 0 unspecified atom stereocenters. The standard InChI is InChI=1S/C21H13F5N2S/c1-10-2-7-14-15(8-10)29-21(28-14)11-3-5-12(6-4-11)27-9-13-16(22)18(24)20(26)19(25)17(13)23/h2-8,27H,9H2,1H3. The number of aromatic nitrogens is 1. The number of halogens is 5. The molecule has 4 aromatic rings. The smallest absolute Gasteiger partial charge is 0.200 e. The van der Waals surface area contributed by atoms with E-state index in [1.165, 1.54) is 11.3 Å². The minimum atomic E-state index is -2.17. The van der Waals surface area contributed by atoms with Crippen LogP contribution < -0.4 is 5.32 Å². The zero-order valence-corrected chi connectivity index (χ0v) is 15.8. The van der Waals surface area contributed by atoms with Crippen molar-refractivity contribution < 1.29 is 22.0 Å². The van der Waals surface area contributed by atoms with Gasteiger partial charge in [0.2, 0.25) is 5.82 Å². The fourth-order valence-electron chi connectivity index (χ4n) is 2.88. The molecule has 0 amide bonds. The van der Waals surface area contributed by atoms with Gasteiger partial charge in [0.05, 0.1) is 10.2 Å². The minimum absolute atomic E-state index is 0.467. The van der Waals surface area contributed by atoms with Gasteiger partial charge in [-0.3, -0.25) is 0 Å². The van der Waals surface area contributed by atoms with E-state index in [0.717, 1.165) is 26.4 Å². The molecule has 3 aromatic carbocycles. The molecule has 148 valence electrons. The summed E-state index contributed by atoms with van der Waals surface area (Å²) in [5, 5.41) is 3.49. The van der Waals surface area contributed by atoms with Crippen LogP contribution in [0, 0.1) is 36.0 Å². The van der Waals surface area contributed by atoms with Crippen molar-refractivity contribution in [3.63, 3.8) is 0 Å². The molecule has 4 rings (SSSR count). The van der Waals surface area contributed by atoms with Gasteiger partial charge in [0.25, 0.3) is 0 Å². The van der Waals surface area contributed by atoms with Crippen LogP contribution in [0.3, 0.4) is 0 Å². The van der Waals surface area contributed by atoms with Crippen LogP contribution in [0.15, 0.2) is 42.5 Å². The van der Waals surface area contributed by atoms with E-state index in [0.29, 0.717) is 5.69 Å². The number of fused-ring (bicyclic) bond motifs is 1. The molecule has 0 radical (unpaired) electrons. The van der Waals surface area contributed by atoms with Gasteiger partial charge >= 0.3 is 0 Å². The van der Waals surface area contributed by atoms with Gasteiger partial charge in [-0.1, -0.05) is 6.07 Å². The topological polar surface area (TPSA) is 24.9 Å². The average Bonchev–Trinajstić information content (AvgIpc) is 3.14. The van der Waals surface area contributed by atoms with Crippen molar-refractivity contribution in [3.05, 3.63) is 82.7 Å². The van der Waals surface area contributed by atoms with E-state index in [1.54, 1.807) is 24.3 Å². The molecule has 0 atom stereocenters. The summed E-state index contributed by atoms with van der Waals surface area (Å²) < 4.78 is 68.3. The summed E-state index contributed by atoms with van der Waals surface area (Å²) in [6, 6.07) is 12.8. The summed E-state index contributed by atoms with van der Waals surface area (Å²) in [6.07, 6.45) is 0. The first-order valence-corrected chi connectivity index (χ1v) is 9.38. The van der Waals surface area contributed by atoms with Crippen LogP contribution >= 0.6 is 11.3 Å². The number of hydrogen-bond acceptors (Lipinski definition) is 3. The average molecular weight is 420 g/mol. The minimum Gasteiger partial charge on any atom is -0.381 e. The van der Waals surface area contributed by atoms with E-state index in [-0.39, 0.29) is 0 Å². The van der Waals surface area contributed by atoms with E-state index in [4.69, 9.17) is 0 Å². The van der Waals surface area contributed by atoms with E-state index < -0.39 is 41.2 Å². The Kier molecular flexibility index (Phi) is 4.96. The summed E-state index contributed by atoms with van der Waals surface area (Å²) in [4.78, 5) is 4.58. The van der Waals surface area contributed by atoms with Gasteiger partial charge in [-0.15, -0.1) is 11.3 Å². The molecule has 0 aliphatic rings. The Bertz CT molecular complexity index is 1190. The third-order valence-electron chi connectivity index (χ3n) is 4.45. The van der Waals surface area contributed by atoms with Crippen molar-refractivity contribution in [1.82, 2.24) is 4.98 Å². The Labute approximate surface area is 166 Å². The quantitative estimate of drug-likeness (QED) is 0.229. The number of nitrogens with zero attached hydrogens (tertiary/aromatic N) is 1. The Morgan fingerprint density at radius 3 is 2.10 bits per heavy atom. The van der Waals surface area contributed by atoms with E-state index in [2.05, 4.69) is 16.4 Å². The highest BCUT2D eigenvalue weighted by Gasteiger charge is 2.25. The number of thiazole rings is 1. The molecule has 1 aromatic heterocycles. The van der Waals surface area contributed by atoms with Crippen LogP contribution in [0.1, 0.15) is 11.1 Å². The molecule has 29 heavy (non-hydrogen) atoms. The van der Waals surface area contributed by atoms with Gasteiger partial charge in [-0.2, -0.15) is 0 Å². The first kappa shape index (κ1) is 19.3. The second-order valence-corrected chi connectivity index (χ2v) is 7.50. The molecular weight excluding hydrogens is 407 g/mol. The molecule has 0 aliphatic carbocycles. The normalized spacial score (nSPS) is 11.2. The van der Waals surface area contributed by atoms with E-state index in [9.17, 15) is 22.0 Å². The van der Waals surface area contributed by atoms with Crippen molar-refractivity contribution in [2.45, 2.75) is 13.5 Å². The molecule has 1 heterocycles. The first-order chi connectivity index (χ1) is 13.8. The Morgan fingerprint density at radius 1 is 0.828 bits per heavy atom. The molecular formula is C21H13F5N2S. The zero-order valence-electron chi connectivity index (χ0n) is 15.0. The van der Waals surface area contributed by atoms with Gasteiger partial charge in [-0.05, 0) is 48.9 Å². The highest BCUT2D eigenvalue weighted by Crippen LogP contribution is 2.31. The summed E-state index contributed by atoms with van der Waals surface area (Å²) in [6.45, 7) is 1.45. The lowest BCUT2D eigenvalue weighted by molar-refractivity contribution is 0.371. The van der Waals surface area contributed by atoms with Crippen molar-refractivity contribution in [3.8, 4) is 10.6 Å². The highest BCUT2D eigenvalue weighted by atomic mass is 32.1. The lowest BCUT2D eigenvalue weighted by Crippen LogP contribution is -2.11. The SMILES string of the molecule is Cc1ccc2nc(-c3ccc(NCc4c(F)c(F)c(F)c(F)c4F)cc3)sc2c1. The molecule has 0 saturated heterocycles. The number of rotatable bonds is 4. The van der Waals surface area contributed by atoms with Crippen LogP contribution in [0.5, 0.6) is 0 Å². The lowest BCUT2D eigenvalue weighted by Gasteiger charge is -2.10. The van der Waals surface area contributed by atoms with E-state index >= 15 is 0 Å². The van der Waals surface area contributed by atoms with Gasteiger partial charge in [0.1, 0.15) is 5.01 Å². The molecule has 2 nitrogen and oxygen atoms in total. The van der Waals surface area contributed by atoms with Crippen LogP contribution in [0.4, 0.5) is 27.6 Å². The third-order valence-corrected chi connectivity index (χ3v) is 5.51. The van der Waals surface area contributed by atoms with Crippen molar-refractivity contribution in [2.75, 3.05) is 5.32 Å². The number of benzene rings is 3. The zero-order chi connectivity index (χ0) is 20.7. The summed E-state index contributed by atoms with van der Waals surface area (Å²) in [5.74, 6) is -9.76. The highest BCUT2D eigenvalue weighted by molar-refractivity contribution is 7.21. The molecule has 8 heteroatoms. The molecule has 0 saturated carbocycles. The van der Waals surface area contributed by atoms with Crippen molar-refractivity contribution >= 4 is 27.2 Å². The third kappa shape index (κ3) is 3.55. The number of aryl methyl sites for hydroxylation is 1. The fourth-order valence-corrected chi connectivity index (χ4v) is 3.95. The molecule has 0 bridgehead atoms. The summed E-state index contributed by atoms with van der Waals surface area (Å²) >= 11 is 1.54. The second-order valence-electron chi connectivity index (χ2n) is 6.47. The monoisotopic (exact) mass is 420 g/mol. The Balaban J connectivity index is 1.55. The molecule has 0 aliphatic heterocycles. The van der Waals surface area contributed by atoms with Crippen molar-refractivity contribution in [2.24, 2.45) is 0 Å². The Hall–Kier alpha value is -3.00. The lowest BCUT2D eigenvalue weighted by atomic mass is 10.1. The molecule has 0 spiro atoms. The summed E-state index contributed by atoms with van der Waals surface area (Å²) in [5.41, 5.74) is 2.44. The second kappa shape index (κ2) is 7.44.